The molecule has 0 bridgehead atoms. The fraction of sp³-hybridized carbons (Fsp3) is 0.545. The van der Waals surface area contributed by atoms with Crippen LogP contribution in [0.2, 0.25) is 0 Å². The van der Waals surface area contributed by atoms with Crippen LogP contribution in [0.5, 0.6) is 23.0 Å². The van der Waals surface area contributed by atoms with Gasteiger partial charge < -0.3 is 18.9 Å². The molecule has 5 rings (SSSR count). The van der Waals surface area contributed by atoms with Crippen molar-refractivity contribution in [1.29, 1.82) is 0 Å². The summed E-state index contributed by atoms with van der Waals surface area (Å²) >= 11 is 1.54. The van der Waals surface area contributed by atoms with E-state index >= 15 is 0 Å². The predicted molar refractivity (Wildman–Crippen MR) is 120 cm³/mol. The average molecular weight is 446 g/mol. The maximum atomic E-state index is 13.2. The number of rotatable bonds is 4. The third-order valence-electron chi connectivity index (χ3n) is 6.23. The maximum Gasteiger partial charge on any atom is 0.271 e. The Balaban J connectivity index is 1.66. The standard InChI is InChI=1S/C22H27N3O5S/c1-12-23-21-16(22(26)24-25(21)13-8-6-4-5-7-9-13)20(31-12)14-10-15-18(30-11-29-15)19(28-3)17(14)27-2/h10,13,20H,4-9,11H2,1-3H3,(H,24,26). The molecule has 8 nitrogen and oxygen atoms in total. The molecule has 1 fully saturated rings. The number of thioether (sulfide) groups is 1. The van der Waals surface area contributed by atoms with Gasteiger partial charge in [-0.15, -0.1) is 0 Å². The number of aliphatic imine (C=N–C) groups is 1. The van der Waals surface area contributed by atoms with Crippen molar-refractivity contribution in [1.82, 2.24) is 9.78 Å². The molecule has 1 unspecified atom stereocenters. The fourth-order valence-electron chi connectivity index (χ4n) is 4.81. The molecule has 3 heterocycles. The lowest BCUT2D eigenvalue weighted by molar-refractivity contribution is 0.170. The van der Waals surface area contributed by atoms with Crippen molar-refractivity contribution >= 4 is 22.6 Å². The van der Waals surface area contributed by atoms with Gasteiger partial charge in [-0.05, 0) is 25.8 Å². The van der Waals surface area contributed by atoms with Gasteiger partial charge in [0.1, 0.15) is 0 Å². The highest BCUT2D eigenvalue weighted by Crippen LogP contribution is 2.55. The highest BCUT2D eigenvalue weighted by atomic mass is 32.2. The van der Waals surface area contributed by atoms with Crippen LogP contribution in [0.15, 0.2) is 15.9 Å². The molecular formula is C22H27N3O5S. The number of nitrogens with one attached hydrogen (secondary N) is 1. The molecule has 0 amide bonds. The maximum absolute atomic E-state index is 13.2. The van der Waals surface area contributed by atoms with Crippen molar-refractivity contribution in [3.63, 3.8) is 0 Å². The number of fused-ring (bicyclic) bond motifs is 2. The zero-order valence-electron chi connectivity index (χ0n) is 18.0. The highest BCUT2D eigenvalue weighted by Gasteiger charge is 2.37. The molecule has 0 radical (unpaired) electrons. The predicted octanol–water partition coefficient (Wildman–Crippen LogP) is 4.70. The van der Waals surface area contributed by atoms with Crippen LogP contribution >= 0.6 is 11.8 Å². The molecular weight excluding hydrogens is 418 g/mol. The first kappa shape index (κ1) is 20.4. The molecule has 1 saturated carbocycles. The third kappa shape index (κ3) is 3.39. The first-order valence-corrected chi connectivity index (χ1v) is 11.6. The SMILES string of the molecule is COc1c(C2SC(C)=Nc3c2c(=O)[nH]n3C2CCCCCC2)cc2c(c1OC)OCO2. The lowest BCUT2D eigenvalue weighted by Gasteiger charge is -2.25. The van der Waals surface area contributed by atoms with Gasteiger partial charge in [-0.1, -0.05) is 37.4 Å². The summed E-state index contributed by atoms with van der Waals surface area (Å²) in [6.45, 7) is 2.10. The van der Waals surface area contributed by atoms with Crippen LogP contribution in [0.4, 0.5) is 5.82 Å². The molecule has 0 spiro atoms. The van der Waals surface area contributed by atoms with Gasteiger partial charge in [-0.3, -0.25) is 14.6 Å². The van der Waals surface area contributed by atoms with Gasteiger partial charge in [0.15, 0.2) is 17.3 Å². The van der Waals surface area contributed by atoms with E-state index in [1.165, 1.54) is 37.4 Å². The summed E-state index contributed by atoms with van der Waals surface area (Å²) in [4.78, 5) is 18.0. The van der Waals surface area contributed by atoms with Crippen LogP contribution in [0, 0.1) is 0 Å². The van der Waals surface area contributed by atoms with E-state index in [4.69, 9.17) is 23.9 Å². The summed E-state index contributed by atoms with van der Waals surface area (Å²) in [7, 11) is 3.17. The lowest BCUT2D eigenvalue weighted by Crippen LogP contribution is -2.14. The number of nitrogens with zero attached hydrogens (tertiary/aromatic N) is 2. The van der Waals surface area contributed by atoms with Crippen LogP contribution in [0.3, 0.4) is 0 Å². The molecule has 1 atom stereocenters. The number of methoxy groups -OCH3 is 2. The van der Waals surface area contributed by atoms with Gasteiger partial charge in [0.05, 0.1) is 36.1 Å². The summed E-state index contributed by atoms with van der Waals surface area (Å²) in [6, 6.07) is 2.17. The topological polar surface area (TPSA) is 87.1 Å². The van der Waals surface area contributed by atoms with E-state index in [2.05, 4.69) is 5.10 Å². The Hall–Kier alpha value is -2.55. The molecule has 2 aliphatic heterocycles. The quantitative estimate of drug-likeness (QED) is 0.686. The van der Waals surface area contributed by atoms with Gasteiger partial charge in [-0.25, -0.2) is 4.99 Å². The van der Waals surface area contributed by atoms with Crippen molar-refractivity contribution in [2.24, 2.45) is 4.99 Å². The molecule has 9 heteroatoms. The first-order chi connectivity index (χ1) is 15.1. The molecule has 1 aliphatic carbocycles. The summed E-state index contributed by atoms with van der Waals surface area (Å²) in [5.74, 6) is 2.88. The molecule has 2 aromatic rings. The second kappa shape index (κ2) is 8.18. The molecule has 1 N–H and O–H groups in total. The van der Waals surface area contributed by atoms with Crippen molar-refractivity contribution in [2.75, 3.05) is 21.0 Å². The van der Waals surface area contributed by atoms with Crippen LogP contribution in [-0.4, -0.2) is 35.8 Å². The number of aromatic amines is 1. The first-order valence-electron chi connectivity index (χ1n) is 10.7. The molecule has 31 heavy (non-hydrogen) atoms. The Bertz CT molecular complexity index is 1080. The van der Waals surface area contributed by atoms with Crippen LogP contribution in [0.1, 0.15) is 67.9 Å². The van der Waals surface area contributed by atoms with Crippen LogP contribution in [0.25, 0.3) is 0 Å². The number of ether oxygens (including phenoxy) is 4. The van der Waals surface area contributed by atoms with Gasteiger partial charge in [0, 0.05) is 5.56 Å². The summed E-state index contributed by atoms with van der Waals surface area (Å²) in [5, 5.41) is 3.71. The van der Waals surface area contributed by atoms with E-state index in [0.29, 0.717) is 28.6 Å². The average Bonchev–Trinajstić information content (AvgIpc) is 3.26. The summed E-state index contributed by atoms with van der Waals surface area (Å²) in [6.07, 6.45) is 6.97. The Labute approximate surface area is 184 Å². The third-order valence-corrected chi connectivity index (χ3v) is 7.39. The van der Waals surface area contributed by atoms with E-state index in [1.54, 1.807) is 14.2 Å². The Morgan fingerprint density at radius 2 is 1.87 bits per heavy atom. The minimum Gasteiger partial charge on any atom is -0.492 e. The van der Waals surface area contributed by atoms with E-state index in [9.17, 15) is 4.79 Å². The van der Waals surface area contributed by atoms with Gasteiger partial charge in [-0.2, -0.15) is 0 Å². The zero-order chi connectivity index (χ0) is 21.5. The number of H-pyrrole nitrogens is 1. The van der Waals surface area contributed by atoms with Crippen molar-refractivity contribution in [3.8, 4) is 23.0 Å². The Kier molecular flexibility index (Phi) is 5.37. The molecule has 1 aromatic carbocycles. The monoisotopic (exact) mass is 445 g/mol. The Morgan fingerprint density at radius 1 is 1.13 bits per heavy atom. The number of benzene rings is 1. The van der Waals surface area contributed by atoms with Gasteiger partial charge >= 0.3 is 0 Å². The molecule has 0 saturated heterocycles. The number of hydrogen-bond donors (Lipinski definition) is 1. The smallest absolute Gasteiger partial charge is 0.271 e. The number of hydrogen-bond acceptors (Lipinski definition) is 7. The van der Waals surface area contributed by atoms with E-state index in [1.807, 2.05) is 17.7 Å². The highest BCUT2D eigenvalue weighted by molar-refractivity contribution is 8.14. The van der Waals surface area contributed by atoms with Gasteiger partial charge in [0.2, 0.25) is 18.3 Å². The molecule has 3 aliphatic rings. The Morgan fingerprint density at radius 3 is 2.58 bits per heavy atom. The summed E-state index contributed by atoms with van der Waals surface area (Å²) < 4.78 is 24.6. The second-order valence-electron chi connectivity index (χ2n) is 8.09. The van der Waals surface area contributed by atoms with Crippen molar-refractivity contribution in [3.05, 3.63) is 27.5 Å². The zero-order valence-corrected chi connectivity index (χ0v) is 18.8. The largest absolute Gasteiger partial charge is 0.492 e. The minimum absolute atomic E-state index is 0.105. The van der Waals surface area contributed by atoms with E-state index in [-0.39, 0.29) is 23.6 Å². The van der Waals surface area contributed by atoms with Crippen molar-refractivity contribution < 1.29 is 18.9 Å². The van der Waals surface area contributed by atoms with E-state index < -0.39 is 0 Å². The van der Waals surface area contributed by atoms with Crippen molar-refractivity contribution in [2.45, 2.75) is 56.7 Å². The van der Waals surface area contributed by atoms with Gasteiger partial charge in [0.25, 0.3) is 5.56 Å². The van der Waals surface area contributed by atoms with Crippen LogP contribution < -0.4 is 24.5 Å². The number of aromatic nitrogens is 2. The lowest BCUT2D eigenvalue weighted by atomic mass is 10.0. The van der Waals surface area contributed by atoms with E-state index in [0.717, 1.165) is 29.3 Å². The van der Waals surface area contributed by atoms with Crippen LogP contribution in [-0.2, 0) is 0 Å². The fourth-order valence-corrected chi connectivity index (χ4v) is 5.93. The molecule has 1 aromatic heterocycles. The molecule has 166 valence electrons. The normalized spacial score (nSPS) is 20.7. The summed E-state index contributed by atoms with van der Waals surface area (Å²) in [5.41, 5.74) is 1.36. The second-order valence-corrected chi connectivity index (χ2v) is 9.39. The minimum atomic E-state index is -0.290.